The van der Waals surface area contributed by atoms with Gasteiger partial charge in [0, 0.05) is 48.9 Å². The first-order chi connectivity index (χ1) is 19.4. The minimum absolute atomic E-state index is 0.0607. The molecular formula is C31H44N8O2. The van der Waals surface area contributed by atoms with Crippen LogP contribution >= 0.6 is 0 Å². The standard InChI is InChI=1S/C31H44N8O2/c1-10-29(40)36-22-15-23(26(41-11-2)16-24(22)38(9)13-12-37(7)8)35-27-17-28(33-19-32-27)39-18-31(5,6)30-25(39)14-20(3)21(4)34-30/h10,14-15,17,19,24H,1,11-13,16,18H2,2-9H3,(H,36,40)(H,32,33,35). The normalized spacial score (nSPS) is 18.0. The number of ether oxygens (including phenoxy) is 1. The maximum Gasteiger partial charge on any atom is 0.247 e. The van der Waals surface area contributed by atoms with E-state index in [4.69, 9.17) is 9.72 Å². The van der Waals surface area contributed by atoms with E-state index in [-0.39, 0.29) is 17.4 Å². The number of allylic oxidation sites excluding steroid dienone is 1. The summed E-state index contributed by atoms with van der Waals surface area (Å²) in [4.78, 5) is 33.0. The van der Waals surface area contributed by atoms with Crippen molar-refractivity contribution < 1.29 is 9.53 Å². The fourth-order valence-corrected chi connectivity index (χ4v) is 5.22. The monoisotopic (exact) mass is 560 g/mol. The molecule has 0 saturated carbocycles. The van der Waals surface area contributed by atoms with Crippen LogP contribution in [0.4, 0.5) is 17.3 Å². The van der Waals surface area contributed by atoms with Gasteiger partial charge in [0.1, 0.15) is 23.7 Å². The van der Waals surface area contributed by atoms with Gasteiger partial charge >= 0.3 is 0 Å². The van der Waals surface area contributed by atoms with Gasteiger partial charge in [0.05, 0.1) is 29.7 Å². The lowest BCUT2D eigenvalue weighted by Crippen LogP contribution is -2.44. The number of likely N-dealkylation sites (N-methyl/N-ethyl adjacent to an activating group) is 2. The summed E-state index contributed by atoms with van der Waals surface area (Å²) in [5.74, 6) is 1.99. The Bertz CT molecular complexity index is 1360. The number of hydrogen-bond donors (Lipinski definition) is 2. The van der Waals surface area contributed by atoms with Crippen LogP contribution in [0.5, 0.6) is 0 Å². The zero-order valence-electron chi connectivity index (χ0n) is 25.7. The average molecular weight is 561 g/mol. The number of amides is 1. The van der Waals surface area contributed by atoms with Gasteiger partial charge in [0.15, 0.2) is 0 Å². The number of carbonyl (C=O) groups is 1. The molecule has 4 rings (SSSR count). The number of nitrogens with zero attached hydrogens (tertiary/aromatic N) is 6. The van der Waals surface area contributed by atoms with E-state index in [1.54, 1.807) is 6.33 Å². The molecule has 0 radical (unpaired) electrons. The second-order valence-corrected chi connectivity index (χ2v) is 11.7. The third-order valence-corrected chi connectivity index (χ3v) is 7.66. The van der Waals surface area contributed by atoms with Crippen LogP contribution in [-0.2, 0) is 14.9 Å². The molecule has 0 fully saturated rings. The lowest BCUT2D eigenvalue weighted by molar-refractivity contribution is -0.116. The van der Waals surface area contributed by atoms with Gasteiger partial charge in [-0.1, -0.05) is 20.4 Å². The van der Waals surface area contributed by atoms with Crippen LogP contribution in [0.15, 0.2) is 54.3 Å². The Morgan fingerprint density at radius 2 is 1.98 bits per heavy atom. The summed E-state index contributed by atoms with van der Waals surface area (Å²) in [7, 11) is 6.16. The van der Waals surface area contributed by atoms with E-state index in [9.17, 15) is 4.79 Å². The summed E-state index contributed by atoms with van der Waals surface area (Å²) >= 11 is 0. The largest absolute Gasteiger partial charge is 0.496 e. The number of hydrogen-bond acceptors (Lipinski definition) is 9. The van der Waals surface area contributed by atoms with Crippen LogP contribution in [-0.4, -0.2) is 84.1 Å². The maximum absolute atomic E-state index is 12.4. The first kappa shape index (κ1) is 30.2. The number of carbonyl (C=O) groups excluding carboxylic acids is 1. The van der Waals surface area contributed by atoms with Crippen molar-refractivity contribution in [1.82, 2.24) is 30.1 Å². The van der Waals surface area contributed by atoms with Crippen LogP contribution < -0.4 is 15.5 Å². The molecule has 2 aromatic heterocycles. The first-order valence-electron chi connectivity index (χ1n) is 14.1. The molecule has 2 aliphatic rings. The lowest BCUT2D eigenvalue weighted by atomic mass is 9.91. The topological polar surface area (TPSA) is 98.8 Å². The number of aryl methyl sites for hydroxylation is 2. The van der Waals surface area contributed by atoms with Gasteiger partial charge in [0.2, 0.25) is 5.91 Å². The van der Waals surface area contributed by atoms with Crippen molar-refractivity contribution in [3.8, 4) is 0 Å². The summed E-state index contributed by atoms with van der Waals surface area (Å²) in [5.41, 5.74) is 5.77. The van der Waals surface area contributed by atoms with Crippen molar-refractivity contribution in [3.05, 3.63) is 71.3 Å². The summed E-state index contributed by atoms with van der Waals surface area (Å²) in [5, 5.41) is 6.48. The molecule has 0 bridgehead atoms. The minimum atomic E-state index is -0.250. The summed E-state index contributed by atoms with van der Waals surface area (Å²) < 4.78 is 6.12. The molecule has 10 nitrogen and oxygen atoms in total. The van der Waals surface area contributed by atoms with Crippen LogP contribution in [0.3, 0.4) is 0 Å². The molecule has 1 aliphatic heterocycles. The molecule has 3 heterocycles. The lowest BCUT2D eigenvalue weighted by Gasteiger charge is -2.35. The Morgan fingerprint density at radius 3 is 2.66 bits per heavy atom. The Balaban J connectivity index is 1.66. The molecular weight excluding hydrogens is 516 g/mol. The number of anilines is 3. The van der Waals surface area contributed by atoms with E-state index in [1.807, 2.05) is 19.1 Å². The third kappa shape index (κ3) is 6.77. The first-order valence-corrected chi connectivity index (χ1v) is 14.1. The van der Waals surface area contributed by atoms with Crippen molar-refractivity contribution in [1.29, 1.82) is 0 Å². The van der Waals surface area contributed by atoms with E-state index in [0.717, 1.165) is 65.2 Å². The summed E-state index contributed by atoms with van der Waals surface area (Å²) in [6, 6.07) is 4.08. The number of rotatable bonds is 11. The van der Waals surface area contributed by atoms with E-state index in [2.05, 4.69) is 96.8 Å². The zero-order chi connectivity index (χ0) is 29.9. The summed E-state index contributed by atoms with van der Waals surface area (Å²) in [6.45, 7) is 17.2. The van der Waals surface area contributed by atoms with E-state index < -0.39 is 0 Å². The number of fused-ring (bicyclic) bond motifs is 1. The highest BCUT2D eigenvalue weighted by molar-refractivity contribution is 5.88. The zero-order valence-corrected chi connectivity index (χ0v) is 25.7. The van der Waals surface area contributed by atoms with E-state index in [0.29, 0.717) is 18.8 Å². The highest BCUT2D eigenvalue weighted by atomic mass is 16.5. The molecule has 220 valence electrons. The molecule has 10 heteroatoms. The average Bonchev–Trinajstić information content (AvgIpc) is 3.18. The minimum Gasteiger partial charge on any atom is -0.496 e. The van der Waals surface area contributed by atoms with Gasteiger partial charge < -0.3 is 25.2 Å². The van der Waals surface area contributed by atoms with Gasteiger partial charge in [-0.2, -0.15) is 0 Å². The molecule has 0 spiro atoms. The van der Waals surface area contributed by atoms with Crippen molar-refractivity contribution in [2.75, 3.05) is 57.6 Å². The van der Waals surface area contributed by atoms with Crippen LogP contribution in [0.2, 0.25) is 0 Å². The second-order valence-electron chi connectivity index (χ2n) is 11.7. The van der Waals surface area contributed by atoms with Crippen molar-refractivity contribution in [2.45, 2.75) is 52.5 Å². The Labute approximate surface area is 244 Å². The molecule has 1 aliphatic carbocycles. The van der Waals surface area contributed by atoms with Gasteiger partial charge in [-0.15, -0.1) is 0 Å². The molecule has 2 N–H and O–H groups in total. The SMILES string of the molecule is C=CC(=O)NC1=CC(Nc2cc(N3CC(C)(C)c4nc(C)c(C)cc43)ncn2)=C(OCC)CC1N(C)CCN(C)C. The molecule has 41 heavy (non-hydrogen) atoms. The third-order valence-electron chi connectivity index (χ3n) is 7.66. The Hall–Kier alpha value is -3.76. The number of nitrogens with one attached hydrogen (secondary N) is 2. The van der Waals surface area contributed by atoms with Gasteiger partial charge in [-0.05, 0) is 65.7 Å². The maximum atomic E-state index is 12.4. The van der Waals surface area contributed by atoms with Gasteiger partial charge in [-0.3, -0.25) is 14.7 Å². The van der Waals surface area contributed by atoms with Gasteiger partial charge in [0.25, 0.3) is 0 Å². The Kier molecular flexibility index (Phi) is 9.14. The molecule has 0 saturated heterocycles. The molecule has 2 aromatic rings. The predicted octanol–water partition coefficient (Wildman–Crippen LogP) is 4.03. The summed E-state index contributed by atoms with van der Waals surface area (Å²) in [6.07, 6.45) is 5.40. The molecule has 0 aromatic carbocycles. The van der Waals surface area contributed by atoms with E-state index in [1.165, 1.54) is 6.08 Å². The highest BCUT2D eigenvalue weighted by Gasteiger charge is 2.38. The number of pyridine rings is 1. The molecule has 1 amide bonds. The van der Waals surface area contributed by atoms with Crippen LogP contribution in [0.25, 0.3) is 0 Å². The van der Waals surface area contributed by atoms with E-state index >= 15 is 0 Å². The Morgan fingerprint density at radius 1 is 1.22 bits per heavy atom. The number of aromatic nitrogens is 3. The van der Waals surface area contributed by atoms with Crippen molar-refractivity contribution in [3.63, 3.8) is 0 Å². The smallest absolute Gasteiger partial charge is 0.247 e. The van der Waals surface area contributed by atoms with Crippen LogP contribution in [0.1, 0.15) is 44.1 Å². The fourth-order valence-electron chi connectivity index (χ4n) is 5.22. The van der Waals surface area contributed by atoms with Crippen LogP contribution in [0, 0.1) is 13.8 Å². The fraction of sp³-hybridized carbons (Fsp3) is 0.484. The predicted molar refractivity (Wildman–Crippen MR) is 164 cm³/mol. The van der Waals surface area contributed by atoms with Crippen molar-refractivity contribution >= 4 is 23.2 Å². The second kappa shape index (κ2) is 12.4. The van der Waals surface area contributed by atoms with Crippen molar-refractivity contribution in [2.24, 2.45) is 0 Å². The highest BCUT2D eigenvalue weighted by Crippen LogP contribution is 2.43. The quantitative estimate of drug-likeness (QED) is 0.395. The van der Waals surface area contributed by atoms with Gasteiger partial charge in [-0.25, -0.2) is 9.97 Å². The molecule has 1 atom stereocenters. The molecule has 1 unspecified atom stereocenters.